The third-order valence-electron chi connectivity index (χ3n) is 5.80. The molecule has 32 heavy (non-hydrogen) atoms. The van der Waals surface area contributed by atoms with Gasteiger partial charge in [-0.15, -0.1) is 0 Å². The number of amides is 1. The molecule has 1 atom stereocenters. The van der Waals surface area contributed by atoms with Gasteiger partial charge >= 0.3 is 0 Å². The Morgan fingerprint density at radius 3 is 2.47 bits per heavy atom. The molecule has 166 valence electrons. The van der Waals surface area contributed by atoms with Crippen LogP contribution >= 0.6 is 0 Å². The number of para-hydroxylation sites is 1. The van der Waals surface area contributed by atoms with Crippen LogP contribution in [0.4, 0.5) is 4.39 Å². The van der Waals surface area contributed by atoms with Gasteiger partial charge in [0.05, 0.1) is 12.2 Å². The molecule has 2 aromatic carbocycles. The van der Waals surface area contributed by atoms with Crippen molar-refractivity contribution in [3.8, 4) is 5.75 Å². The number of piperidine rings is 1. The highest BCUT2D eigenvalue weighted by molar-refractivity contribution is 5.80. The zero-order chi connectivity index (χ0) is 22.2. The predicted octanol–water partition coefficient (Wildman–Crippen LogP) is 4.22. The zero-order valence-corrected chi connectivity index (χ0v) is 18.0. The number of nitrogens with one attached hydrogen (secondary N) is 1. The minimum absolute atomic E-state index is 0.0158. The first kappa shape index (κ1) is 22.0. The Balaban J connectivity index is 1.67. The molecule has 5 nitrogen and oxygen atoms in total. The van der Waals surface area contributed by atoms with Gasteiger partial charge in [-0.3, -0.25) is 9.78 Å². The number of rotatable bonds is 8. The second-order valence-corrected chi connectivity index (χ2v) is 7.90. The minimum Gasteiger partial charge on any atom is -0.492 e. The maximum atomic E-state index is 15.0. The molecule has 0 unspecified atom stereocenters. The molecule has 2 heterocycles. The number of ether oxygens (including phenoxy) is 1. The van der Waals surface area contributed by atoms with Crippen molar-refractivity contribution in [1.82, 2.24) is 15.2 Å². The Kier molecular flexibility index (Phi) is 7.46. The van der Waals surface area contributed by atoms with E-state index in [2.05, 4.69) is 10.3 Å². The van der Waals surface area contributed by atoms with Crippen molar-refractivity contribution in [2.45, 2.75) is 18.9 Å². The van der Waals surface area contributed by atoms with Crippen molar-refractivity contribution in [2.75, 3.05) is 26.2 Å². The number of benzene rings is 2. The van der Waals surface area contributed by atoms with E-state index >= 15 is 0 Å². The Morgan fingerprint density at radius 2 is 1.75 bits per heavy atom. The second kappa shape index (κ2) is 10.9. The fourth-order valence-electron chi connectivity index (χ4n) is 4.17. The molecule has 1 fully saturated rings. The highest BCUT2D eigenvalue weighted by Gasteiger charge is 2.34. The summed E-state index contributed by atoms with van der Waals surface area (Å²) in [5.74, 6) is 0.297. The smallest absolute Gasteiger partial charge is 0.226 e. The van der Waals surface area contributed by atoms with Crippen LogP contribution in [0.2, 0.25) is 0 Å². The summed E-state index contributed by atoms with van der Waals surface area (Å²) in [4.78, 5) is 20.0. The van der Waals surface area contributed by atoms with Crippen molar-refractivity contribution in [3.63, 3.8) is 0 Å². The van der Waals surface area contributed by atoms with Gasteiger partial charge < -0.3 is 15.0 Å². The molecule has 4 rings (SSSR count). The molecule has 1 saturated heterocycles. The van der Waals surface area contributed by atoms with Gasteiger partial charge in [0, 0.05) is 17.7 Å². The second-order valence-electron chi connectivity index (χ2n) is 7.90. The van der Waals surface area contributed by atoms with Gasteiger partial charge in [-0.05, 0) is 56.3 Å². The first-order valence-electron chi connectivity index (χ1n) is 11.1. The van der Waals surface area contributed by atoms with Gasteiger partial charge in [-0.25, -0.2) is 4.39 Å². The molecule has 0 radical (unpaired) electrons. The van der Waals surface area contributed by atoms with E-state index in [1.165, 1.54) is 6.07 Å². The summed E-state index contributed by atoms with van der Waals surface area (Å²) in [5.41, 5.74) is 1.08. The monoisotopic (exact) mass is 433 g/mol. The highest BCUT2D eigenvalue weighted by Crippen LogP contribution is 2.31. The van der Waals surface area contributed by atoms with Crippen LogP contribution in [0.5, 0.6) is 5.75 Å². The Labute approximate surface area is 188 Å². The molecule has 0 bridgehead atoms. The first-order chi connectivity index (χ1) is 15.7. The highest BCUT2D eigenvalue weighted by atomic mass is 19.1. The standard InChI is InChI=1S/C26H28FN3O2/c27-23-11-5-4-10-22(23)25(24-12-6-7-15-29-24)30(26(31)20-13-16-28-17-14-20)18-19-32-21-8-2-1-3-9-21/h1-12,15,20,25,28H,13-14,16-19H2/t25-/m0/s1. The maximum absolute atomic E-state index is 15.0. The maximum Gasteiger partial charge on any atom is 0.226 e. The van der Waals surface area contributed by atoms with E-state index in [1.54, 1.807) is 29.3 Å². The van der Waals surface area contributed by atoms with Crippen molar-refractivity contribution in [2.24, 2.45) is 5.92 Å². The number of hydrogen-bond donors (Lipinski definition) is 1. The number of carbonyl (C=O) groups is 1. The summed E-state index contributed by atoms with van der Waals surface area (Å²) in [6, 6.07) is 21.0. The lowest BCUT2D eigenvalue weighted by Crippen LogP contribution is -2.45. The molecule has 1 aromatic heterocycles. The van der Waals surface area contributed by atoms with Gasteiger partial charge in [0.15, 0.2) is 0 Å². The van der Waals surface area contributed by atoms with Crippen LogP contribution in [0, 0.1) is 11.7 Å². The topological polar surface area (TPSA) is 54.5 Å². The molecule has 1 aliphatic heterocycles. The Morgan fingerprint density at radius 1 is 1.03 bits per heavy atom. The van der Waals surface area contributed by atoms with Gasteiger partial charge in [-0.1, -0.05) is 42.5 Å². The molecule has 3 aromatic rings. The molecular formula is C26H28FN3O2. The van der Waals surface area contributed by atoms with Crippen molar-refractivity contribution in [1.29, 1.82) is 0 Å². The largest absolute Gasteiger partial charge is 0.492 e. The summed E-state index contributed by atoms with van der Waals surface area (Å²) in [6.07, 6.45) is 3.21. The van der Waals surface area contributed by atoms with E-state index in [0.29, 0.717) is 24.4 Å². The SMILES string of the molecule is O=C(C1CCNCC1)N(CCOc1ccccc1)[C@H](c1ccccn1)c1ccccc1F. The van der Waals surface area contributed by atoms with Crippen LogP contribution in [0.1, 0.15) is 30.1 Å². The van der Waals surface area contributed by atoms with Crippen molar-refractivity contribution >= 4 is 5.91 Å². The fraction of sp³-hybridized carbons (Fsp3) is 0.308. The van der Waals surface area contributed by atoms with Crippen LogP contribution in [0.15, 0.2) is 79.0 Å². The fourth-order valence-corrected chi connectivity index (χ4v) is 4.17. The summed E-state index contributed by atoms with van der Waals surface area (Å²) >= 11 is 0. The molecule has 1 amide bonds. The van der Waals surface area contributed by atoms with Crippen LogP contribution in [0.25, 0.3) is 0 Å². The molecule has 0 saturated carbocycles. The van der Waals surface area contributed by atoms with Crippen LogP contribution in [-0.2, 0) is 4.79 Å². The molecule has 0 aliphatic carbocycles. The molecule has 6 heteroatoms. The summed E-state index contributed by atoms with van der Waals surface area (Å²) in [5, 5.41) is 3.31. The molecule has 1 aliphatic rings. The number of aromatic nitrogens is 1. The Bertz CT molecular complexity index is 994. The number of carbonyl (C=O) groups excluding carboxylic acids is 1. The van der Waals surface area contributed by atoms with Gasteiger partial charge in [0.1, 0.15) is 24.2 Å². The Hall–Kier alpha value is -3.25. The lowest BCUT2D eigenvalue weighted by molar-refractivity contribution is -0.138. The number of pyridine rings is 1. The number of nitrogens with zero attached hydrogens (tertiary/aromatic N) is 2. The number of hydrogen-bond acceptors (Lipinski definition) is 4. The molecular weight excluding hydrogens is 405 g/mol. The lowest BCUT2D eigenvalue weighted by Gasteiger charge is -2.35. The summed E-state index contributed by atoms with van der Waals surface area (Å²) < 4.78 is 20.9. The van der Waals surface area contributed by atoms with E-state index in [4.69, 9.17) is 4.74 Å². The van der Waals surface area contributed by atoms with E-state index in [1.807, 2.05) is 48.5 Å². The van der Waals surface area contributed by atoms with Crippen LogP contribution < -0.4 is 10.1 Å². The van der Waals surface area contributed by atoms with Gasteiger partial charge in [0.2, 0.25) is 5.91 Å². The average Bonchev–Trinajstić information content (AvgIpc) is 2.86. The third kappa shape index (κ3) is 5.32. The van der Waals surface area contributed by atoms with Crippen LogP contribution in [-0.4, -0.2) is 42.0 Å². The average molecular weight is 434 g/mol. The third-order valence-corrected chi connectivity index (χ3v) is 5.80. The van der Waals surface area contributed by atoms with E-state index in [0.717, 1.165) is 31.7 Å². The lowest BCUT2D eigenvalue weighted by atomic mass is 9.93. The normalized spacial score (nSPS) is 15.2. The van der Waals surface area contributed by atoms with Crippen molar-refractivity contribution < 1.29 is 13.9 Å². The van der Waals surface area contributed by atoms with Crippen LogP contribution in [0.3, 0.4) is 0 Å². The first-order valence-corrected chi connectivity index (χ1v) is 11.1. The molecule has 1 N–H and O–H groups in total. The van der Waals surface area contributed by atoms with Crippen molar-refractivity contribution in [3.05, 3.63) is 96.1 Å². The number of halogens is 1. The summed E-state index contributed by atoms with van der Waals surface area (Å²) in [6.45, 7) is 2.24. The quantitative estimate of drug-likeness (QED) is 0.578. The van der Waals surface area contributed by atoms with E-state index in [-0.39, 0.29) is 17.6 Å². The van der Waals surface area contributed by atoms with Gasteiger partial charge in [-0.2, -0.15) is 0 Å². The molecule has 0 spiro atoms. The van der Waals surface area contributed by atoms with E-state index in [9.17, 15) is 9.18 Å². The minimum atomic E-state index is -0.626. The van der Waals surface area contributed by atoms with Gasteiger partial charge in [0.25, 0.3) is 0 Å². The zero-order valence-electron chi connectivity index (χ0n) is 18.0. The van der Waals surface area contributed by atoms with E-state index < -0.39 is 6.04 Å². The predicted molar refractivity (Wildman–Crippen MR) is 122 cm³/mol. The summed E-state index contributed by atoms with van der Waals surface area (Å²) in [7, 11) is 0.